The molecule has 1 aliphatic rings. The molecule has 0 spiro atoms. The van der Waals surface area contributed by atoms with E-state index >= 15 is 0 Å². The molecule has 2 atom stereocenters. The lowest BCUT2D eigenvalue weighted by Crippen LogP contribution is -1.95. The van der Waals surface area contributed by atoms with Crippen molar-refractivity contribution in [2.45, 2.75) is 40.5 Å². The molecular formula is C10H20. The molecule has 1 aliphatic carbocycles. The van der Waals surface area contributed by atoms with Gasteiger partial charge in [0.25, 0.3) is 0 Å². The van der Waals surface area contributed by atoms with Crippen LogP contribution in [0.25, 0.3) is 0 Å². The third kappa shape index (κ3) is 2.00. The highest BCUT2D eigenvalue weighted by Crippen LogP contribution is 2.47. The van der Waals surface area contributed by atoms with Gasteiger partial charge in [-0.3, -0.25) is 0 Å². The Kier molecular flexibility index (Phi) is 2.38. The van der Waals surface area contributed by atoms with Crippen LogP contribution >= 0.6 is 0 Å². The fraction of sp³-hybridized carbons (Fsp3) is 1.00. The Balaban J connectivity index is 2.13. The van der Waals surface area contributed by atoms with Gasteiger partial charge in [-0.15, -0.1) is 0 Å². The Morgan fingerprint density at radius 3 is 2.10 bits per heavy atom. The molecule has 2 unspecified atom stereocenters. The van der Waals surface area contributed by atoms with E-state index in [1.807, 2.05) is 0 Å². The highest BCUT2D eigenvalue weighted by Gasteiger charge is 2.38. The molecule has 0 heteroatoms. The smallest absolute Gasteiger partial charge is 0.0360 e. The second kappa shape index (κ2) is 2.94. The first-order valence-electron chi connectivity index (χ1n) is 4.61. The fourth-order valence-electron chi connectivity index (χ4n) is 1.96. The molecule has 0 aliphatic heterocycles. The lowest BCUT2D eigenvalue weighted by Gasteiger charge is -2.04. The third-order valence-corrected chi connectivity index (χ3v) is 2.61. The van der Waals surface area contributed by atoms with Crippen molar-refractivity contribution in [3.63, 3.8) is 0 Å². The molecule has 0 saturated heterocycles. The van der Waals surface area contributed by atoms with E-state index < -0.39 is 0 Å². The van der Waals surface area contributed by atoms with Crippen LogP contribution in [0.5, 0.6) is 0 Å². The van der Waals surface area contributed by atoms with Gasteiger partial charge in [0.2, 0.25) is 0 Å². The van der Waals surface area contributed by atoms with Crippen molar-refractivity contribution in [1.29, 1.82) is 0 Å². The topological polar surface area (TPSA) is 0 Å². The van der Waals surface area contributed by atoms with Crippen molar-refractivity contribution in [3.8, 4) is 0 Å². The maximum atomic E-state index is 2.35. The summed E-state index contributed by atoms with van der Waals surface area (Å²) >= 11 is 0. The zero-order chi connectivity index (χ0) is 7.72. The molecule has 0 aromatic rings. The second-order valence-corrected chi connectivity index (χ2v) is 4.53. The van der Waals surface area contributed by atoms with E-state index in [-0.39, 0.29) is 0 Å². The Morgan fingerprint density at radius 2 is 1.80 bits per heavy atom. The molecule has 1 rings (SSSR count). The van der Waals surface area contributed by atoms with Gasteiger partial charge < -0.3 is 0 Å². The van der Waals surface area contributed by atoms with Gasteiger partial charge in [0.1, 0.15) is 0 Å². The zero-order valence-electron chi connectivity index (χ0n) is 7.72. The van der Waals surface area contributed by atoms with Gasteiger partial charge >= 0.3 is 0 Å². The summed E-state index contributed by atoms with van der Waals surface area (Å²) in [6.45, 7) is 9.36. The summed E-state index contributed by atoms with van der Waals surface area (Å²) in [6.07, 6.45) is 2.97. The lowest BCUT2D eigenvalue weighted by atomic mass is 10.0. The largest absolute Gasteiger partial charge is 0.0628 e. The summed E-state index contributed by atoms with van der Waals surface area (Å²) in [5, 5.41) is 0. The van der Waals surface area contributed by atoms with E-state index in [0.29, 0.717) is 0 Å². The van der Waals surface area contributed by atoms with Crippen molar-refractivity contribution in [2.75, 3.05) is 0 Å². The highest BCUT2D eigenvalue weighted by molar-refractivity contribution is 4.88. The van der Waals surface area contributed by atoms with E-state index in [4.69, 9.17) is 0 Å². The first-order valence-corrected chi connectivity index (χ1v) is 4.61. The average molecular weight is 140 g/mol. The minimum absolute atomic E-state index is 0.911. The SMILES string of the molecule is CC(C)CC1CC1C(C)C. The molecule has 60 valence electrons. The Bertz CT molecular complexity index is 103. The predicted molar refractivity (Wildman–Crippen MR) is 45.9 cm³/mol. The molecule has 10 heavy (non-hydrogen) atoms. The molecule has 0 amide bonds. The van der Waals surface area contributed by atoms with Gasteiger partial charge in [0.15, 0.2) is 0 Å². The van der Waals surface area contributed by atoms with Crippen molar-refractivity contribution in [2.24, 2.45) is 23.7 Å². The quantitative estimate of drug-likeness (QED) is 0.564. The summed E-state index contributed by atoms with van der Waals surface area (Å²) in [4.78, 5) is 0. The van der Waals surface area contributed by atoms with Gasteiger partial charge in [0.05, 0.1) is 0 Å². The maximum absolute atomic E-state index is 2.35. The molecule has 1 saturated carbocycles. The number of hydrogen-bond acceptors (Lipinski definition) is 0. The summed E-state index contributed by atoms with van der Waals surface area (Å²) in [6, 6.07) is 0. The monoisotopic (exact) mass is 140 g/mol. The van der Waals surface area contributed by atoms with Crippen LogP contribution in [0.15, 0.2) is 0 Å². The molecule has 0 nitrogen and oxygen atoms in total. The molecule has 0 heterocycles. The van der Waals surface area contributed by atoms with Crippen molar-refractivity contribution in [1.82, 2.24) is 0 Å². The van der Waals surface area contributed by atoms with E-state index in [1.54, 1.807) is 0 Å². The summed E-state index contributed by atoms with van der Waals surface area (Å²) in [7, 11) is 0. The van der Waals surface area contributed by atoms with Crippen LogP contribution in [0.2, 0.25) is 0 Å². The summed E-state index contributed by atoms with van der Waals surface area (Å²) in [5.41, 5.74) is 0. The molecule has 0 aromatic heterocycles. The van der Waals surface area contributed by atoms with Crippen LogP contribution < -0.4 is 0 Å². The average Bonchev–Trinajstić information content (AvgIpc) is 2.43. The van der Waals surface area contributed by atoms with Crippen LogP contribution in [0, 0.1) is 23.7 Å². The second-order valence-electron chi connectivity index (χ2n) is 4.53. The third-order valence-electron chi connectivity index (χ3n) is 2.61. The van der Waals surface area contributed by atoms with Crippen LogP contribution in [0.4, 0.5) is 0 Å². The Labute approximate surface area is 65.0 Å². The van der Waals surface area contributed by atoms with Crippen molar-refractivity contribution in [3.05, 3.63) is 0 Å². The minimum atomic E-state index is 0.911. The molecule has 0 radical (unpaired) electrons. The molecule has 0 N–H and O–H groups in total. The van der Waals surface area contributed by atoms with E-state index in [9.17, 15) is 0 Å². The molecule has 0 aromatic carbocycles. The normalized spacial score (nSPS) is 31.8. The maximum Gasteiger partial charge on any atom is -0.0360 e. The van der Waals surface area contributed by atoms with Gasteiger partial charge in [0, 0.05) is 0 Å². The van der Waals surface area contributed by atoms with E-state index in [1.165, 1.54) is 12.8 Å². The molecular weight excluding hydrogens is 120 g/mol. The Hall–Kier alpha value is 0. The lowest BCUT2D eigenvalue weighted by molar-refractivity contribution is 0.457. The summed E-state index contributed by atoms with van der Waals surface area (Å²) in [5.74, 6) is 4.00. The zero-order valence-corrected chi connectivity index (χ0v) is 7.72. The van der Waals surface area contributed by atoms with E-state index in [2.05, 4.69) is 27.7 Å². The van der Waals surface area contributed by atoms with Gasteiger partial charge in [-0.25, -0.2) is 0 Å². The van der Waals surface area contributed by atoms with Crippen LogP contribution in [0.1, 0.15) is 40.5 Å². The summed E-state index contributed by atoms with van der Waals surface area (Å²) < 4.78 is 0. The first kappa shape index (κ1) is 8.10. The predicted octanol–water partition coefficient (Wildman–Crippen LogP) is 3.32. The van der Waals surface area contributed by atoms with E-state index in [0.717, 1.165) is 23.7 Å². The van der Waals surface area contributed by atoms with Crippen molar-refractivity contribution >= 4 is 0 Å². The number of hydrogen-bond donors (Lipinski definition) is 0. The number of rotatable bonds is 3. The highest BCUT2D eigenvalue weighted by atomic mass is 14.4. The Morgan fingerprint density at radius 1 is 1.20 bits per heavy atom. The van der Waals surface area contributed by atoms with Gasteiger partial charge in [-0.05, 0) is 36.5 Å². The molecule has 0 bridgehead atoms. The van der Waals surface area contributed by atoms with Crippen LogP contribution in [0.3, 0.4) is 0 Å². The molecule has 1 fully saturated rings. The van der Waals surface area contributed by atoms with Crippen LogP contribution in [-0.2, 0) is 0 Å². The fourth-order valence-corrected chi connectivity index (χ4v) is 1.96. The van der Waals surface area contributed by atoms with Gasteiger partial charge in [-0.2, -0.15) is 0 Å². The standard InChI is InChI=1S/C10H20/c1-7(2)5-9-6-10(9)8(3)4/h7-10H,5-6H2,1-4H3. The van der Waals surface area contributed by atoms with Crippen LogP contribution in [-0.4, -0.2) is 0 Å². The van der Waals surface area contributed by atoms with Gasteiger partial charge in [-0.1, -0.05) is 27.7 Å². The van der Waals surface area contributed by atoms with Crippen molar-refractivity contribution < 1.29 is 0 Å². The first-order chi connectivity index (χ1) is 4.61. The minimum Gasteiger partial charge on any atom is -0.0628 e.